The predicted molar refractivity (Wildman–Crippen MR) is 212 cm³/mol. The summed E-state index contributed by atoms with van der Waals surface area (Å²) in [5.41, 5.74) is 9.34. The summed E-state index contributed by atoms with van der Waals surface area (Å²) >= 11 is 0. The maximum atomic E-state index is 7.42. The lowest BCUT2D eigenvalue weighted by molar-refractivity contribution is -0.0994. The van der Waals surface area contributed by atoms with E-state index < -0.39 is 0 Å². The van der Waals surface area contributed by atoms with E-state index in [0.29, 0.717) is 41.9 Å². The van der Waals surface area contributed by atoms with Crippen LogP contribution in [0.1, 0.15) is 121 Å². The Morgan fingerprint density at radius 3 is 2.70 bits per heavy atom. The van der Waals surface area contributed by atoms with Crippen molar-refractivity contribution in [3.63, 3.8) is 0 Å². The minimum atomic E-state index is -0.0977. The van der Waals surface area contributed by atoms with E-state index in [9.17, 15) is 0 Å². The molecule has 1 spiro atoms. The molecule has 2 saturated carbocycles. The Morgan fingerprint density at radius 2 is 1.70 bits per heavy atom. The molecule has 7 aliphatic carbocycles. The van der Waals surface area contributed by atoms with Crippen LogP contribution in [0.5, 0.6) is 0 Å². The fourth-order valence-electron chi connectivity index (χ4n) is 14.2. The molecule has 1 aromatic carbocycles. The number of allylic oxidation sites excluding steroid dienone is 10. The largest absolute Gasteiger partial charge is 0.494 e. The van der Waals surface area contributed by atoms with E-state index >= 15 is 0 Å². The molecule has 11 aliphatic rings. The van der Waals surface area contributed by atoms with E-state index in [2.05, 4.69) is 88.7 Å². The summed E-state index contributed by atoms with van der Waals surface area (Å²) in [6.45, 7) is 0. The summed E-state index contributed by atoms with van der Waals surface area (Å²) in [6.07, 6.45) is 43.7. The highest BCUT2D eigenvalue weighted by Gasteiger charge is 2.63. The number of hydrogen-bond donors (Lipinski definition) is 0. The van der Waals surface area contributed by atoms with Gasteiger partial charge >= 0.3 is 0 Å². The fraction of sp³-hybridized carbons (Fsp3) is 0.551. The van der Waals surface area contributed by atoms with Crippen molar-refractivity contribution >= 4 is 5.69 Å². The highest BCUT2D eigenvalue weighted by molar-refractivity contribution is 5.65. The average molecular weight is 705 g/mol. The van der Waals surface area contributed by atoms with E-state index in [1.807, 2.05) is 0 Å². The molecule has 0 amide bonds. The number of nitrogens with zero attached hydrogens (tertiary/aromatic N) is 2. The second-order valence-electron chi connectivity index (χ2n) is 18.3. The van der Waals surface area contributed by atoms with Gasteiger partial charge in [0.15, 0.2) is 0 Å². The Labute approximate surface area is 316 Å². The maximum Gasteiger partial charge on any atom is 0.126 e. The first-order valence-electron chi connectivity index (χ1n) is 21.9. The van der Waals surface area contributed by atoms with Crippen LogP contribution < -0.4 is 4.90 Å². The summed E-state index contributed by atoms with van der Waals surface area (Å²) in [5, 5.41) is 0. The molecule has 12 rings (SSSR count). The zero-order valence-corrected chi connectivity index (χ0v) is 31.4. The molecular formula is C49H56N2O2. The van der Waals surface area contributed by atoms with E-state index in [1.165, 1.54) is 111 Å². The number of ether oxygens (including phenoxy) is 2. The highest BCUT2D eigenvalue weighted by Crippen LogP contribution is 2.67. The molecule has 4 heteroatoms. The lowest BCUT2D eigenvalue weighted by atomic mass is 9.49. The summed E-state index contributed by atoms with van der Waals surface area (Å²) in [4.78, 5) is 5.83. The number of para-hydroxylation sites is 1. The summed E-state index contributed by atoms with van der Waals surface area (Å²) in [5.74, 6) is 5.87. The van der Waals surface area contributed by atoms with Gasteiger partial charge in [0.25, 0.3) is 0 Å². The molecule has 4 aliphatic heterocycles. The molecule has 274 valence electrons. The van der Waals surface area contributed by atoms with Crippen LogP contribution in [0.3, 0.4) is 0 Å². The second-order valence-corrected chi connectivity index (χ2v) is 18.3. The normalized spacial score (nSPS) is 40.4. The zero-order chi connectivity index (χ0) is 34.7. The van der Waals surface area contributed by atoms with Crippen LogP contribution in [0.25, 0.3) is 0 Å². The van der Waals surface area contributed by atoms with Crippen LogP contribution in [0.15, 0.2) is 119 Å². The van der Waals surface area contributed by atoms with Gasteiger partial charge in [0, 0.05) is 82.6 Å². The van der Waals surface area contributed by atoms with Gasteiger partial charge in [0.2, 0.25) is 0 Å². The monoisotopic (exact) mass is 704 g/mol. The first-order chi connectivity index (χ1) is 26.3. The molecule has 0 bridgehead atoms. The average Bonchev–Trinajstić information content (AvgIpc) is 3.74. The molecule has 4 nitrogen and oxygen atoms in total. The van der Waals surface area contributed by atoms with E-state index in [-0.39, 0.29) is 11.5 Å². The Bertz CT molecular complexity index is 1970. The van der Waals surface area contributed by atoms with Crippen molar-refractivity contribution < 1.29 is 9.47 Å². The first-order valence-corrected chi connectivity index (χ1v) is 21.9. The molecule has 1 saturated heterocycles. The summed E-state index contributed by atoms with van der Waals surface area (Å²) in [6, 6.07) is 11.5. The standard InChI is InChI=1S/C49H56N2O2/c1-7-19-41-33(13-1)34-14-2-8-20-42(34)50(41)31-26-28-47-40(29-31)49(37-17-5-11-23-45(37)52-47)38-18-6-12-24-46(38)53-48-30-32(25-27-39(48)49)51-43-21-9-3-15-35(43)36-16-4-10-22-44(36)51/h3-5,7,9,15-17,19,21,24,28-29,31-32,34,36,38-39,42,44,48H,1-2,6,8,10-14,18,20,22-23,25-27,30H2. The Kier molecular flexibility index (Phi) is 7.27. The first kappa shape index (κ1) is 31.7. The Morgan fingerprint density at radius 1 is 0.774 bits per heavy atom. The van der Waals surface area contributed by atoms with Crippen LogP contribution in [0, 0.1) is 23.2 Å². The van der Waals surface area contributed by atoms with E-state index in [1.54, 1.807) is 16.8 Å². The third-order valence-electron chi connectivity index (χ3n) is 16.1. The Hall–Kier alpha value is -3.66. The van der Waals surface area contributed by atoms with E-state index in [4.69, 9.17) is 9.47 Å². The van der Waals surface area contributed by atoms with Gasteiger partial charge in [-0.2, -0.15) is 0 Å². The molecule has 10 atom stereocenters. The minimum Gasteiger partial charge on any atom is -0.494 e. The van der Waals surface area contributed by atoms with E-state index in [0.717, 1.165) is 38.0 Å². The van der Waals surface area contributed by atoms with Crippen LogP contribution >= 0.6 is 0 Å². The number of benzene rings is 1. The molecule has 10 unspecified atom stereocenters. The van der Waals surface area contributed by atoms with Gasteiger partial charge in [-0.15, -0.1) is 0 Å². The predicted octanol–water partition coefficient (Wildman–Crippen LogP) is 11.2. The van der Waals surface area contributed by atoms with Gasteiger partial charge < -0.3 is 19.3 Å². The van der Waals surface area contributed by atoms with Crippen LogP contribution in [-0.4, -0.2) is 35.2 Å². The zero-order valence-electron chi connectivity index (χ0n) is 31.4. The van der Waals surface area contributed by atoms with Crippen LogP contribution in [-0.2, 0) is 9.47 Å². The molecule has 0 aromatic heterocycles. The molecule has 1 aromatic rings. The molecule has 53 heavy (non-hydrogen) atoms. The third kappa shape index (κ3) is 4.47. The van der Waals surface area contributed by atoms with Crippen molar-refractivity contribution in [3.8, 4) is 0 Å². The van der Waals surface area contributed by atoms with Crippen molar-refractivity contribution in [2.45, 2.75) is 145 Å². The molecular weight excluding hydrogens is 649 g/mol. The number of anilines is 1. The number of rotatable bonds is 2. The Balaban J connectivity index is 0.979. The van der Waals surface area contributed by atoms with Crippen molar-refractivity contribution in [2.24, 2.45) is 23.2 Å². The number of fused-ring (bicyclic) bond motifs is 12. The summed E-state index contributed by atoms with van der Waals surface area (Å²) < 4.78 is 14.5. The lowest BCUT2D eigenvalue weighted by Gasteiger charge is -2.61. The fourth-order valence-corrected chi connectivity index (χ4v) is 14.2. The highest BCUT2D eigenvalue weighted by atomic mass is 16.5. The second kappa shape index (κ2) is 12.2. The van der Waals surface area contributed by atoms with Crippen LogP contribution in [0.2, 0.25) is 0 Å². The molecule has 4 heterocycles. The van der Waals surface area contributed by atoms with Crippen LogP contribution in [0.4, 0.5) is 5.69 Å². The summed E-state index contributed by atoms with van der Waals surface area (Å²) in [7, 11) is 0. The van der Waals surface area contributed by atoms with Crippen molar-refractivity contribution in [1.82, 2.24) is 4.90 Å². The van der Waals surface area contributed by atoms with Gasteiger partial charge in [0.05, 0.1) is 11.8 Å². The quantitative estimate of drug-likeness (QED) is 0.286. The van der Waals surface area contributed by atoms with Crippen molar-refractivity contribution in [3.05, 3.63) is 124 Å². The minimum absolute atomic E-state index is 0.0977. The van der Waals surface area contributed by atoms with Gasteiger partial charge in [-0.3, -0.25) is 0 Å². The van der Waals surface area contributed by atoms with Crippen molar-refractivity contribution in [2.75, 3.05) is 4.90 Å². The third-order valence-corrected chi connectivity index (χ3v) is 16.1. The van der Waals surface area contributed by atoms with Gasteiger partial charge in [-0.1, -0.05) is 67.5 Å². The smallest absolute Gasteiger partial charge is 0.126 e. The van der Waals surface area contributed by atoms with Gasteiger partial charge in [0.1, 0.15) is 17.6 Å². The van der Waals surface area contributed by atoms with Crippen molar-refractivity contribution in [1.29, 1.82) is 0 Å². The SMILES string of the molecule is C1=CC2=C(CC1)OC1=CCC(N3C4=C(CCC=C4)C4CCCCC43)C=C1C21C2CCCC=C2OC2CC(N3c4ccccc4C4C=CCCC43)CCC21. The molecule has 0 N–H and O–H groups in total. The van der Waals surface area contributed by atoms with Gasteiger partial charge in [-0.05, 0) is 119 Å². The molecule has 0 radical (unpaired) electrons. The number of hydrogen-bond acceptors (Lipinski definition) is 4. The topological polar surface area (TPSA) is 24.9 Å². The lowest BCUT2D eigenvalue weighted by Crippen LogP contribution is -2.59. The molecule has 3 fully saturated rings. The maximum absolute atomic E-state index is 7.42. The van der Waals surface area contributed by atoms with Gasteiger partial charge in [-0.25, -0.2) is 0 Å².